The van der Waals surface area contributed by atoms with Gasteiger partial charge in [0, 0.05) is 27.7 Å². The molecule has 0 radical (unpaired) electrons. The summed E-state index contributed by atoms with van der Waals surface area (Å²) in [7, 11) is 0. The molecule has 3 rings (SSSR count). The second-order valence-electron chi connectivity index (χ2n) is 4.40. The largest absolute Gasteiger partial charge is 0.507 e. The molecule has 3 aromatic rings. The van der Waals surface area contributed by atoms with E-state index in [0.717, 1.165) is 15.2 Å². The molecule has 100 valence electrons. The summed E-state index contributed by atoms with van der Waals surface area (Å²) in [6.07, 6.45) is 1.57. The number of nitrogens with zero attached hydrogens (tertiary/aromatic N) is 2. The Morgan fingerprint density at radius 2 is 2.00 bits per heavy atom. The van der Waals surface area contributed by atoms with Crippen molar-refractivity contribution in [1.82, 2.24) is 5.16 Å². The summed E-state index contributed by atoms with van der Waals surface area (Å²) in [6, 6.07) is 11.2. The van der Waals surface area contributed by atoms with Gasteiger partial charge < -0.3 is 9.63 Å². The zero-order chi connectivity index (χ0) is 14.1. The number of aryl methyl sites for hydroxylation is 1. The molecule has 0 atom stereocenters. The van der Waals surface area contributed by atoms with Gasteiger partial charge in [0.05, 0.1) is 0 Å². The number of halogens is 1. The van der Waals surface area contributed by atoms with E-state index < -0.39 is 0 Å². The van der Waals surface area contributed by atoms with Crippen molar-refractivity contribution in [3.63, 3.8) is 0 Å². The SMILES string of the molecule is Cc1cc(N=Cc2cc(Br)c3ccccc3c2O)no1. The number of hydrogen-bond donors (Lipinski definition) is 1. The van der Waals surface area contributed by atoms with Crippen molar-refractivity contribution < 1.29 is 9.63 Å². The minimum atomic E-state index is 0.202. The first-order valence-corrected chi connectivity index (χ1v) is 6.82. The average Bonchev–Trinajstić information content (AvgIpc) is 2.87. The highest BCUT2D eigenvalue weighted by Crippen LogP contribution is 2.33. The minimum absolute atomic E-state index is 0.202. The summed E-state index contributed by atoms with van der Waals surface area (Å²) in [5, 5.41) is 15.8. The number of benzene rings is 2. The first kappa shape index (κ1) is 12.9. The summed E-state index contributed by atoms with van der Waals surface area (Å²) in [4.78, 5) is 4.20. The van der Waals surface area contributed by atoms with Crippen LogP contribution in [0.3, 0.4) is 0 Å². The van der Waals surface area contributed by atoms with E-state index in [1.165, 1.54) is 0 Å². The van der Waals surface area contributed by atoms with Gasteiger partial charge in [-0.1, -0.05) is 45.4 Å². The number of phenolic OH excluding ortho intramolecular Hbond substituents is 1. The smallest absolute Gasteiger partial charge is 0.195 e. The zero-order valence-corrected chi connectivity index (χ0v) is 12.3. The monoisotopic (exact) mass is 330 g/mol. The van der Waals surface area contributed by atoms with Crippen molar-refractivity contribution in [3.05, 3.63) is 52.2 Å². The summed E-state index contributed by atoms with van der Waals surface area (Å²) in [6.45, 7) is 1.80. The van der Waals surface area contributed by atoms with Gasteiger partial charge in [-0.05, 0) is 18.4 Å². The van der Waals surface area contributed by atoms with Crippen molar-refractivity contribution >= 4 is 38.7 Å². The van der Waals surface area contributed by atoms with Crippen LogP contribution in [-0.2, 0) is 0 Å². The van der Waals surface area contributed by atoms with E-state index in [1.54, 1.807) is 19.2 Å². The van der Waals surface area contributed by atoms with E-state index in [4.69, 9.17) is 4.52 Å². The first-order chi connectivity index (χ1) is 9.65. The fourth-order valence-electron chi connectivity index (χ4n) is 1.98. The van der Waals surface area contributed by atoms with Gasteiger partial charge in [0.15, 0.2) is 5.82 Å². The lowest BCUT2D eigenvalue weighted by molar-refractivity contribution is 0.399. The maximum absolute atomic E-state index is 10.3. The number of hydrogen-bond acceptors (Lipinski definition) is 4. The molecule has 1 N–H and O–H groups in total. The van der Waals surface area contributed by atoms with Crippen molar-refractivity contribution in [1.29, 1.82) is 0 Å². The molecule has 0 saturated carbocycles. The Balaban J connectivity index is 2.08. The number of phenols is 1. The fourth-order valence-corrected chi connectivity index (χ4v) is 2.58. The summed E-state index contributed by atoms with van der Waals surface area (Å²) >= 11 is 3.51. The van der Waals surface area contributed by atoms with E-state index in [-0.39, 0.29) is 5.75 Å². The Morgan fingerprint density at radius 3 is 2.70 bits per heavy atom. The van der Waals surface area contributed by atoms with Gasteiger partial charge in [-0.2, -0.15) is 0 Å². The van der Waals surface area contributed by atoms with E-state index in [1.807, 2.05) is 30.3 Å². The Kier molecular flexibility index (Phi) is 3.28. The fraction of sp³-hybridized carbons (Fsp3) is 0.0667. The number of fused-ring (bicyclic) bond motifs is 1. The lowest BCUT2D eigenvalue weighted by Gasteiger charge is -2.06. The van der Waals surface area contributed by atoms with Gasteiger partial charge in [0.2, 0.25) is 0 Å². The molecule has 0 spiro atoms. The molecule has 2 aromatic carbocycles. The minimum Gasteiger partial charge on any atom is -0.507 e. The highest BCUT2D eigenvalue weighted by atomic mass is 79.9. The van der Waals surface area contributed by atoms with Crippen LogP contribution in [0, 0.1) is 6.92 Å². The van der Waals surface area contributed by atoms with Crippen LogP contribution in [0.4, 0.5) is 5.82 Å². The molecule has 1 aromatic heterocycles. The van der Waals surface area contributed by atoms with Gasteiger partial charge in [0.1, 0.15) is 11.5 Å². The number of rotatable bonds is 2. The molecule has 0 aliphatic heterocycles. The maximum atomic E-state index is 10.3. The van der Waals surface area contributed by atoms with Crippen molar-refractivity contribution in [2.24, 2.45) is 4.99 Å². The zero-order valence-electron chi connectivity index (χ0n) is 10.7. The van der Waals surface area contributed by atoms with Gasteiger partial charge in [-0.3, -0.25) is 0 Å². The highest BCUT2D eigenvalue weighted by molar-refractivity contribution is 9.10. The van der Waals surface area contributed by atoms with Crippen LogP contribution < -0.4 is 0 Å². The molecule has 20 heavy (non-hydrogen) atoms. The molecule has 0 fully saturated rings. The van der Waals surface area contributed by atoms with E-state index in [0.29, 0.717) is 17.1 Å². The van der Waals surface area contributed by atoms with E-state index in [2.05, 4.69) is 26.1 Å². The highest BCUT2D eigenvalue weighted by Gasteiger charge is 2.08. The third kappa shape index (κ3) is 2.32. The van der Waals surface area contributed by atoms with Crippen LogP contribution in [0.1, 0.15) is 11.3 Å². The molecule has 0 saturated heterocycles. The Hall–Kier alpha value is -2.14. The summed E-state index contributed by atoms with van der Waals surface area (Å²) in [5.41, 5.74) is 0.622. The predicted molar refractivity (Wildman–Crippen MR) is 81.8 cm³/mol. The lowest BCUT2D eigenvalue weighted by Crippen LogP contribution is -1.86. The quantitative estimate of drug-likeness (QED) is 0.710. The van der Waals surface area contributed by atoms with Crippen molar-refractivity contribution in [2.45, 2.75) is 6.92 Å². The maximum Gasteiger partial charge on any atom is 0.195 e. The number of aromatic nitrogens is 1. The van der Waals surface area contributed by atoms with Gasteiger partial charge >= 0.3 is 0 Å². The molecule has 1 heterocycles. The summed E-state index contributed by atoms with van der Waals surface area (Å²) in [5.74, 6) is 1.38. The third-order valence-corrected chi connectivity index (χ3v) is 3.60. The molecule has 0 amide bonds. The van der Waals surface area contributed by atoms with Crippen LogP contribution >= 0.6 is 15.9 Å². The topological polar surface area (TPSA) is 58.6 Å². The van der Waals surface area contributed by atoms with E-state index in [9.17, 15) is 5.11 Å². The normalized spacial score (nSPS) is 11.5. The Morgan fingerprint density at radius 1 is 1.25 bits per heavy atom. The van der Waals surface area contributed by atoms with Gasteiger partial charge in [-0.25, -0.2) is 4.99 Å². The summed E-state index contributed by atoms with van der Waals surface area (Å²) < 4.78 is 5.85. The van der Waals surface area contributed by atoms with Crippen LogP contribution in [0.25, 0.3) is 10.8 Å². The van der Waals surface area contributed by atoms with Crippen LogP contribution in [0.15, 0.2) is 50.4 Å². The van der Waals surface area contributed by atoms with Gasteiger partial charge in [0.25, 0.3) is 0 Å². The molecule has 0 bridgehead atoms. The average molecular weight is 331 g/mol. The van der Waals surface area contributed by atoms with Crippen LogP contribution in [0.5, 0.6) is 5.75 Å². The first-order valence-electron chi connectivity index (χ1n) is 6.03. The molecule has 5 heteroatoms. The molecule has 4 nitrogen and oxygen atoms in total. The van der Waals surface area contributed by atoms with Crippen LogP contribution in [0.2, 0.25) is 0 Å². The predicted octanol–water partition coefficient (Wildman–Crippen LogP) is 4.35. The molecule has 0 aliphatic rings. The van der Waals surface area contributed by atoms with Crippen molar-refractivity contribution in [2.75, 3.05) is 0 Å². The molecular formula is C15H11BrN2O2. The molecular weight excluding hydrogens is 320 g/mol. The number of aliphatic imine (C=N–C) groups is 1. The second kappa shape index (κ2) is 5.09. The third-order valence-electron chi connectivity index (χ3n) is 2.95. The van der Waals surface area contributed by atoms with Gasteiger partial charge in [-0.15, -0.1) is 0 Å². The van der Waals surface area contributed by atoms with Crippen molar-refractivity contribution in [3.8, 4) is 5.75 Å². The lowest BCUT2D eigenvalue weighted by atomic mass is 10.1. The second-order valence-corrected chi connectivity index (χ2v) is 5.25. The van der Waals surface area contributed by atoms with E-state index >= 15 is 0 Å². The molecule has 0 unspecified atom stereocenters. The Labute approximate surface area is 123 Å². The number of aromatic hydroxyl groups is 1. The van der Waals surface area contributed by atoms with Crippen LogP contribution in [-0.4, -0.2) is 16.5 Å². The Bertz CT molecular complexity index is 809. The molecule has 0 aliphatic carbocycles. The standard InChI is InChI=1S/C15H11BrN2O2/c1-9-6-14(18-20-9)17-8-10-7-13(16)11-4-2-3-5-12(11)15(10)19/h2-8,19H,1H3.